The van der Waals surface area contributed by atoms with Crippen molar-refractivity contribution in [2.45, 2.75) is 12.8 Å². The number of aryl methyl sites for hydroxylation is 1. The molecular formula is C14H11ClF2O. The van der Waals surface area contributed by atoms with Gasteiger partial charge in [-0.05, 0) is 30.7 Å². The van der Waals surface area contributed by atoms with Crippen LogP contribution in [0.5, 0.6) is 11.5 Å². The Balaban J connectivity index is 2.42. The topological polar surface area (TPSA) is 9.23 Å². The van der Waals surface area contributed by atoms with Crippen LogP contribution < -0.4 is 4.74 Å². The molecule has 0 spiro atoms. The van der Waals surface area contributed by atoms with Crippen molar-refractivity contribution in [1.29, 1.82) is 0 Å². The van der Waals surface area contributed by atoms with E-state index >= 15 is 0 Å². The van der Waals surface area contributed by atoms with Crippen molar-refractivity contribution in [2.75, 3.05) is 0 Å². The van der Waals surface area contributed by atoms with Gasteiger partial charge in [0, 0.05) is 5.56 Å². The minimum absolute atomic E-state index is 0.00790. The first-order chi connectivity index (χ1) is 8.61. The van der Waals surface area contributed by atoms with Crippen LogP contribution in [-0.4, -0.2) is 0 Å². The van der Waals surface area contributed by atoms with Crippen molar-refractivity contribution < 1.29 is 13.5 Å². The highest BCUT2D eigenvalue weighted by molar-refractivity contribution is 6.17. The van der Waals surface area contributed by atoms with E-state index in [1.807, 2.05) is 0 Å². The van der Waals surface area contributed by atoms with Crippen molar-refractivity contribution in [3.05, 3.63) is 59.2 Å². The van der Waals surface area contributed by atoms with E-state index in [9.17, 15) is 8.78 Å². The molecule has 0 atom stereocenters. The second kappa shape index (κ2) is 5.36. The molecule has 2 aromatic carbocycles. The normalized spacial score (nSPS) is 10.4. The number of hydrogen-bond donors (Lipinski definition) is 0. The predicted octanol–water partition coefficient (Wildman–Crippen LogP) is 4.80. The summed E-state index contributed by atoms with van der Waals surface area (Å²) in [5.41, 5.74) is 1.31. The van der Waals surface area contributed by atoms with Crippen LogP contribution in [0.3, 0.4) is 0 Å². The maximum absolute atomic E-state index is 13.6. The van der Waals surface area contributed by atoms with Gasteiger partial charge in [-0.25, -0.2) is 8.78 Å². The van der Waals surface area contributed by atoms with Gasteiger partial charge in [-0.3, -0.25) is 0 Å². The maximum Gasteiger partial charge on any atom is 0.167 e. The molecule has 2 rings (SSSR count). The van der Waals surface area contributed by atoms with Crippen LogP contribution in [0.15, 0.2) is 36.4 Å². The van der Waals surface area contributed by atoms with E-state index in [2.05, 4.69) is 0 Å². The molecule has 18 heavy (non-hydrogen) atoms. The van der Waals surface area contributed by atoms with Crippen molar-refractivity contribution >= 4 is 11.6 Å². The second-order valence-electron chi connectivity index (χ2n) is 3.90. The fourth-order valence-electron chi connectivity index (χ4n) is 1.57. The molecular weight excluding hydrogens is 258 g/mol. The molecule has 0 bridgehead atoms. The molecule has 0 unspecified atom stereocenters. The molecule has 0 amide bonds. The molecule has 0 saturated heterocycles. The van der Waals surface area contributed by atoms with Gasteiger partial charge in [0.25, 0.3) is 0 Å². The molecule has 1 nitrogen and oxygen atoms in total. The first kappa shape index (κ1) is 12.8. The number of rotatable bonds is 3. The molecule has 0 aliphatic rings. The Bertz CT molecular complexity index is 570. The van der Waals surface area contributed by atoms with Gasteiger partial charge < -0.3 is 4.74 Å². The fourth-order valence-corrected chi connectivity index (χ4v) is 1.78. The SMILES string of the molecule is Cc1ccc(F)c(Oc2c(F)cccc2CCl)c1. The molecule has 0 aliphatic carbocycles. The maximum atomic E-state index is 13.6. The molecule has 0 aliphatic heterocycles. The molecule has 0 heterocycles. The van der Waals surface area contributed by atoms with E-state index in [0.29, 0.717) is 5.56 Å². The summed E-state index contributed by atoms with van der Waals surface area (Å²) >= 11 is 5.70. The molecule has 4 heteroatoms. The van der Waals surface area contributed by atoms with E-state index in [-0.39, 0.29) is 17.4 Å². The summed E-state index contributed by atoms with van der Waals surface area (Å²) in [5.74, 6) is -1.04. The third-order valence-corrected chi connectivity index (χ3v) is 2.78. The number of para-hydroxylation sites is 1. The summed E-state index contributed by atoms with van der Waals surface area (Å²) in [7, 11) is 0. The van der Waals surface area contributed by atoms with Gasteiger partial charge >= 0.3 is 0 Å². The zero-order valence-corrected chi connectivity index (χ0v) is 10.5. The fraction of sp³-hybridized carbons (Fsp3) is 0.143. The largest absolute Gasteiger partial charge is 0.451 e. The van der Waals surface area contributed by atoms with Crippen molar-refractivity contribution in [3.8, 4) is 11.5 Å². The zero-order valence-electron chi connectivity index (χ0n) is 9.71. The van der Waals surface area contributed by atoms with Gasteiger partial charge in [0.2, 0.25) is 0 Å². The zero-order chi connectivity index (χ0) is 13.1. The Morgan fingerprint density at radius 1 is 1.11 bits per heavy atom. The lowest BCUT2D eigenvalue weighted by atomic mass is 10.2. The first-order valence-corrected chi connectivity index (χ1v) is 5.92. The van der Waals surface area contributed by atoms with Gasteiger partial charge in [-0.15, -0.1) is 11.6 Å². The number of hydrogen-bond acceptors (Lipinski definition) is 1. The third-order valence-electron chi connectivity index (χ3n) is 2.49. The van der Waals surface area contributed by atoms with E-state index in [1.54, 1.807) is 19.1 Å². The Morgan fingerprint density at radius 3 is 2.61 bits per heavy atom. The Hall–Kier alpha value is -1.61. The van der Waals surface area contributed by atoms with Gasteiger partial charge in [0.05, 0.1) is 5.88 Å². The van der Waals surface area contributed by atoms with Crippen LogP contribution in [0.2, 0.25) is 0 Å². The number of halogens is 3. The third kappa shape index (κ3) is 2.62. The molecule has 0 aromatic heterocycles. The highest BCUT2D eigenvalue weighted by Gasteiger charge is 2.12. The standard InChI is InChI=1S/C14H11ClF2O/c1-9-5-6-11(16)13(7-9)18-14-10(8-15)3-2-4-12(14)17/h2-7H,8H2,1H3. The second-order valence-corrected chi connectivity index (χ2v) is 4.16. The molecule has 2 aromatic rings. The number of ether oxygens (including phenoxy) is 1. The van der Waals surface area contributed by atoms with E-state index < -0.39 is 11.6 Å². The molecule has 94 valence electrons. The van der Waals surface area contributed by atoms with E-state index in [0.717, 1.165) is 5.56 Å². The van der Waals surface area contributed by atoms with Gasteiger partial charge in [-0.1, -0.05) is 18.2 Å². The van der Waals surface area contributed by atoms with Crippen LogP contribution in [0.1, 0.15) is 11.1 Å². The summed E-state index contributed by atoms with van der Waals surface area (Å²) < 4.78 is 32.5. The smallest absolute Gasteiger partial charge is 0.167 e. The van der Waals surface area contributed by atoms with Gasteiger partial charge in [-0.2, -0.15) is 0 Å². The average molecular weight is 269 g/mol. The Labute approximate surface area is 109 Å². The number of alkyl halides is 1. The Kier molecular flexibility index (Phi) is 3.82. The monoisotopic (exact) mass is 268 g/mol. The predicted molar refractivity (Wildman–Crippen MR) is 67.2 cm³/mol. The highest BCUT2D eigenvalue weighted by Crippen LogP contribution is 2.31. The molecule has 0 fully saturated rings. The average Bonchev–Trinajstić information content (AvgIpc) is 2.36. The number of benzene rings is 2. The van der Waals surface area contributed by atoms with Gasteiger partial charge in [0.15, 0.2) is 23.1 Å². The van der Waals surface area contributed by atoms with Crippen LogP contribution >= 0.6 is 11.6 Å². The lowest BCUT2D eigenvalue weighted by molar-refractivity contribution is 0.411. The summed E-state index contributed by atoms with van der Waals surface area (Å²) in [4.78, 5) is 0. The van der Waals surface area contributed by atoms with E-state index in [1.165, 1.54) is 24.3 Å². The molecule has 0 saturated carbocycles. The lowest BCUT2D eigenvalue weighted by Gasteiger charge is -2.11. The van der Waals surface area contributed by atoms with E-state index in [4.69, 9.17) is 16.3 Å². The lowest BCUT2D eigenvalue weighted by Crippen LogP contribution is -1.95. The van der Waals surface area contributed by atoms with Crippen LogP contribution in [0, 0.1) is 18.6 Å². The quantitative estimate of drug-likeness (QED) is 0.726. The van der Waals surface area contributed by atoms with Crippen LogP contribution in [0.4, 0.5) is 8.78 Å². The van der Waals surface area contributed by atoms with Gasteiger partial charge in [0.1, 0.15) is 0 Å². The molecule has 0 N–H and O–H groups in total. The summed E-state index contributed by atoms with van der Waals surface area (Å²) in [6.07, 6.45) is 0. The van der Waals surface area contributed by atoms with Crippen LogP contribution in [0.25, 0.3) is 0 Å². The highest BCUT2D eigenvalue weighted by atomic mass is 35.5. The summed E-state index contributed by atoms with van der Waals surface area (Å²) in [6, 6.07) is 8.84. The molecule has 0 radical (unpaired) electrons. The summed E-state index contributed by atoms with van der Waals surface area (Å²) in [5, 5.41) is 0. The summed E-state index contributed by atoms with van der Waals surface area (Å²) in [6.45, 7) is 1.80. The van der Waals surface area contributed by atoms with Crippen molar-refractivity contribution in [3.63, 3.8) is 0 Å². The minimum atomic E-state index is -0.561. The van der Waals surface area contributed by atoms with Crippen molar-refractivity contribution in [2.24, 2.45) is 0 Å². The first-order valence-electron chi connectivity index (χ1n) is 5.39. The van der Waals surface area contributed by atoms with Crippen molar-refractivity contribution in [1.82, 2.24) is 0 Å². The minimum Gasteiger partial charge on any atom is -0.451 e. The van der Waals surface area contributed by atoms with Crippen LogP contribution in [-0.2, 0) is 5.88 Å². The Morgan fingerprint density at radius 2 is 1.89 bits per heavy atom.